The number of carboxylic acids is 1. The Balaban J connectivity index is 0. The molecule has 0 aliphatic carbocycles. The molecule has 0 rings (SSSR count). The Kier molecular flexibility index (Phi) is 10.7. The molecule has 3 N–H and O–H groups in total. The van der Waals surface area contributed by atoms with Crippen molar-refractivity contribution in [3.8, 4) is 0 Å². The van der Waals surface area contributed by atoms with Crippen LogP contribution in [0.25, 0.3) is 0 Å². The summed E-state index contributed by atoms with van der Waals surface area (Å²) in [5, 5.41) is 18.1. The van der Waals surface area contributed by atoms with Gasteiger partial charge in [0.05, 0.1) is 6.61 Å². The minimum atomic E-state index is -1.10. The first-order valence-corrected chi connectivity index (χ1v) is 6.11. The van der Waals surface area contributed by atoms with Crippen molar-refractivity contribution in [3.63, 3.8) is 0 Å². The van der Waals surface area contributed by atoms with Crippen LogP contribution in [-0.4, -0.2) is 45.5 Å². The van der Waals surface area contributed by atoms with Gasteiger partial charge in [-0.2, -0.15) is 0 Å². The van der Waals surface area contributed by atoms with E-state index in [9.17, 15) is 9.59 Å². The summed E-state index contributed by atoms with van der Waals surface area (Å²) in [5.74, 6) is -1.10. The Bertz CT molecular complexity index is 212. The van der Waals surface area contributed by atoms with Crippen LogP contribution in [0.5, 0.6) is 0 Å². The summed E-state index contributed by atoms with van der Waals surface area (Å²) in [6.07, 6.45) is -0.718. The summed E-state index contributed by atoms with van der Waals surface area (Å²) >= 11 is 2.10. The number of hydrogen-bond acceptors (Lipinski definition) is 4. The number of rotatable bonds is 3. The van der Waals surface area contributed by atoms with Gasteiger partial charge in [0, 0.05) is 4.43 Å². The third-order valence-electron chi connectivity index (χ3n) is 0.867. The Labute approximate surface area is 109 Å². The van der Waals surface area contributed by atoms with Gasteiger partial charge in [-0.15, -0.1) is 0 Å². The Morgan fingerprint density at radius 1 is 1.38 bits per heavy atom. The predicted molar refractivity (Wildman–Crippen MR) is 67.8 cm³/mol. The highest BCUT2D eigenvalue weighted by Gasteiger charge is 2.15. The molecule has 6 nitrogen and oxygen atoms in total. The zero-order chi connectivity index (χ0) is 13.2. The van der Waals surface area contributed by atoms with Gasteiger partial charge < -0.3 is 20.3 Å². The van der Waals surface area contributed by atoms with E-state index in [1.165, 1.54) is 0 Å². The van der Waals surface area contributed by atoms with E-state index in [-0.39, 0.29) is 0 Å². The number of halogens is 1. The van der Waals surface area contributed by atoms with Gasteiger partial charge in [0.15, 0.2) is 0 Å². The summed E-state index contributed by atoms with van der Waals surface area (Å²) < 4.78 is 5.62. The van der Waals surface area contributed by atoms with E-state index in [1.807, 2.05) is 0 Å². The molecule has 0 saturated heterocycles. The molecule has 16 heavy (non-hydrogen) atoms. The number of amides is 1. The molecule has 0 aromatic rings. The molecule has 7 heteroatoms. The maximum absolute atomic E-state index is 10.8. The topological polar surface area (TPSA) is 95.9 Å². The summed E-state index contributed by atoms with van der Waals surface area (Å²) in [6.45, 7) is 4.99. The van der Waals surface area contributed by atoms with Crippen molar-refractivity contribution in [3.05, 3.63) is 0 Å². The second kappa shape index (κ2) is 9.64. The molecule has 0 radical (unpaired) electrons. The molecule has 0 saturated carbocycles. The lowest BCUT2D eigenvalue weighted by molar-refractivity contribution is -0.136. The van der Waals surface area contributed by atoms with Gasteiger partial charge in [0.2, 0.25) is 0 Å². The molecular weight excluding hydrogens is 329 g/mol. The third kappa shape index (κ3) is 19.1. The molecule has 96 valence electrons. The van der Waals surface area contributed by atoms with E-state index in [0.29, 0.717) is 6.61 Å². The average molecular weight is 347 g/mol. The largest absolute Gasteiger partial charge is 0.480 e. The maximum atomic E-state index is 10.8. The first kappa shape index (κ1) is 17.8. The highest BCUT2D eigenvalue weighted by Crippen LogP contribution is 2.05. The van der Waals surface area contributed by atoms with Crippen LogP contribution in [0, 0.1) is 0 Å². The first-order chi connectivity index (χ1) is 7.22. The lowest BCUT2D eigenvalue weighted by atomic mass is 10.2. The standard InChI is InChI=1S/C7H13NO4.C2H5IO/c1-7(2,3)12-6(11)8-4-5(9)10;3-1-2-4/h4H2,1-3H3,(H,8,11)(H,9,10);4H,1-2H2. The van der Waals surface area contributed by atoms with Gasteiger partial charge in [0.25, 0.3) is 0 Å². The molecule has 0 aromatic carbocycles. The number of hydrogen-bond donors (Lipinski definition) is 3. The Morgan fingerprint density at radius 3 is 2.06 bits per heavy atom. The van der Waals surface area contributed by atoms with Crippen LogP contribution in [0.15, 0.2) is 0 Å². The molecule has 0 fully saturated rings. The number of aliphatic carboxylic acids is 1. The average Bonchev–Trinajstić information content (AvgIpc) is 2.12. The normalized spacial score (nSPS) is 9.81. The highest BCUT2D eigenvalue weighted by atomic mass is 127. The molecule has 0 spiro atoms. The van der Waals surface area contributed by atoms with Gasteiger partial charge in [-0.1, -0.05) is 22.6 Å². The summed E-state index contributed by atoms with van der Waals surface area (Å²) in [7, 11) is 0. The Morgan fingerprint density at radius 2 is 1.81 bits per heavy atom. The SMILES string of the molecule is CC(C)(C)OC(=O)NCC(=O)O.OCCI. The van der Waals surface area contributed by atoms with Gasteiger partial charge in [-0.3, -0.25) is 4.79 Å². The van der Waals surface area contributed by atoms with Crippen molar-refractivity contribution in [2.24, 2.45) is 0 Å². The summed E-state index contributed by atoms with van der Waals surface area (Å²) in [5.41, 5.74) is -0.595. The number of carbonyl (C=O) groups is 2. The monoisotopic (exact) mass is 347 g/mol. The number of carbonyl (C=O) groups excluding carboxylic acids is 1. The molecule has 0 atom stereocenters. The van der Waals surface area contributed by atoms with Crippen LogP contribution < -0.4 is 5.32 Å². The lowest BCUT2D eigenvalue weighted by Crippen LogP contribution is -2.35. The van der Waals surface area contributed by atoms with Gasteiger partial charge in [0.1, 0.15) is 12.1 Å². The van der Waals surface area contributed by atoms with Crippen molar-refractivity contribution in [2.45, 2.75) is 26.4 Å². The van der Waals surface area contributed by atoms with E-state index >= 15 is 0 Å². The van der Waals surface area contributed by atoms with Crippen molar-refractivity contribution >= 4 is 34.7 Å². The van der Waals surface area contributed by atoms with Crippen LogP contribution in [0.1, 0.15) is 20.8 Å². The molecule has 0 unspecified atom stereocenters. The Hall–Kier alpha value is -0.570. The van der Waals surface area contributed by atoms with Crippen molar-refractivity contribution in [1.82, 2.24) is 5.32 Å². The quantitative estimate of drug-likeness (QED) is 0.523. The number of alkyl carbamates (subject to hydrolysis) is 1. The van der Waals surface area contributed by atoms with E-state index in [2.05, 4.69) is 27.9 Å². The van der Waals surface area contributed by atoms with E-state index in [1.54, 1.807) is 20.8 Å². The number of alkyl halides is 1. The molecule has 0 bridgehead atoms. The van der Waals surface area contributed by atoms with Crippen LogP contribution in [0.3, 0.4) is 0 Å². The minimum Gasteiger partial charge on any atom is -0.480 e. The van der Waals surface area contributed by atoms with Crippen molar-refractivity contribution in [2.75, 3.05) is 17.6 Å². The maximum Gasteiger partial charge on any atom is 0.408 e. The highest BCUT2D eigenvalue weighted by molar-refractivity contribution is 14.1. The molecule has 0 aliphatic rings. The lowest BCUT2D eigenvalue weighted by Gasteiger charge is -2.19. The fraction of sp³-hybridized carbons (Fsp3) is 0.778. The fourth-order valence-corrected chi connectivity index (χ4v) is 0.462. The number of carboxylic acid groups (broad SMARTS) is 1. The summed E-state index contributed by atoms with van der Waals surface area (Å²) in [4.78, 5) is 20.8. The molecule has 0 aromatic heterocycles. The smallest absolute Gasteiger partial charge is 0.408 e. The first-order valence-electron chi connectivity index (χ1n) is 4.58. The van der Waals surface area contributed by atoms with Crippen LogP contribution >= 0.6 is 22.6 Å². The molecule has 1 amide bonds. The van der Waals surface area contributed by atoms with Crippen LogP contribution in [0.2, 0.25) is 0 Å². The van der Waals surface area contributed by atoms with Gasteiger partial charge in [-0.25, -0.2) is 4.79 Å². The van der Waals surface area contributed by atoms with Gasteiger partial charge in [-0.05, 0) is 20.8 Å². The zero-order valence-electron chi connectivity index (χ0n) is 9.62. The molecule has 0 aliphatic heterocycles. The number of aliphatic hydroxyl groups excluding tert-OH is 1. The van der Waals surface area contributed by atoms with Crippen LogP contribution in [-0.2, 0) is 9.53 Å². The third-order valence-corrected chi connectivity index (χ3v) is 1.35. The number of nitrogens with one attached hydrogen (secondary N) is 1. The van der Waals surface area contributed by atoms with Gasteiger partial charge >= 0.3 is 12.1 Å². The van der Waals surface area contributed by atoms with Crippen molar-refractivity contribution < 1.29 is 24.5 Å². The number of aliphatic hydroxyl groups is 1. The molecule has 0 heterocycles. The zero-order valence-corrected chi connectivity index (χ0v) is 11.8. The van der Waals surface area contributed by atoms with E-state index in [0.717, 1.165) is 4.43 Å². The van der Waals surface area contributed by atoms with E-state index < -0.39 is 24.2 Å². The second-order valence-electron chi connectivity index (χ2n) is 3.66. The predicted octanol–water partition coefficient (Wildman–Crippen LogP) is 1.01. The second-order valence-corrected chi connectivity index (χ2v) is 4.74. The van der Waals surface area contributed by atoms with Crippen LogP contribution in [0.4, 0.5) is 4.79 Å². The number of ether oxygens (including phenoxy) is 1. The fourth-order valence-electron chi connectivity index (χ4n) is 0.462. The molecular formula is C9H18INO5. The van der Waals surface area contributed by atoms with Crippen molar-refractivity contribution in [1.29, 1.82) is 0 Å². The summed E-state index contributed by atoms with van der Waals surface area (Å²) in [6, 6.07) is 0. The minimum absolute atomic E-state index is 0.306. The van der Waals surface area contributed by atoms with E-state index in [4.69, 9.17) is 14.9 Å².